The molecular formula is C21H25NO5S. The molecule has 0 atom stereocenters. The first kappa shape index (κ1) is 21.5. The highest BCUT2D eigenvalue weighted by molar-refractivity contribution is 7.07. The van der Waals surface area contributed by atoms with Crippen molar-refractivity contribution in [3.05, 3.63) is 52.2 Å². The van der Waals surface area contributed by atoms with Gasteiger partial charge in [0.25, 0.3) is 0 Å². The lowest BCUT2D eigenvalue weighted by Crippen LogP contribution is -2.28. The van der Waals surface area contributed by atoms with Crippen LogP contribution in [-0.2, 0) is 16.2 Å². The fourth-order valence-electron chi connectivity index (χ4n) is 2.56. The number of thiophene rings is 1. The Hall–Kier alpha value is -2.80. The quantitative estimate of drug-likeness (QED) is 0.606. The van der Waals surface area contributed by atoms with Crippen LogP contribution in [0.4, 0.5) is 0 Å². The number of carbonyl (C=O) groups excluding carboxylic acids is 1. The topological polar surface area (TPSA) is 76.1 Å². The number of allylic oxidation sites excluding steroid dienone is 1. The molecule has 150 valence electrons. The smallest absolute Gasteiger partial charge is 0.341 e. The van der Waals surface area contributed by atoms with Crippen molar-refractivity contribution >= 4 is 28.8 Å². The van der Waals surface area contributed by atoms with Crippen LogP contribution in [0.1, 0.15) is 31.9 Å². The van der Waals surface area contributed by atoms with Crippen molar-refractivity contribution < 1.29 is 24.2 Å². The van der Waals surface area contributed by atoms with E-state index in [1.807, 2.05) is 43.7 Å². The van der Waals surface area contributed by atoms with Gasteiger partial charge in [-0.3, -0.25) is 4.79 Å². The predicted molar refractivity (Wildman–Crippen MR) is 110 cm³/mol. The number of benzene rings is 1. The highest BCUT2D eigenvalue weighted by Crippen LogP contribution is 2.32. The summed E-state index contributed by atoms with van der Waals surface area (Å²) in [7, 11) is 0. The zero-order chi connectivity index (χ0) is 20.5. The van der Waals surface area contributed by atoms with E-state index in [1.165, 1.54) is 0 Å². The third kappa shape index (κ3) is 6.13. The zero-order valence-corrected chi connectivity index (χ0v) is 17.1. The van der Waals surface area contributed by atoms with E-state index in [4.69, 9.17) is 14.6 Å². The van der Waals surface area contributed by atoms with Gasteiger partial charge < -0.3 is 19.5 Å². The second kappa shape index (κ2) is 10.5. The molecule has 0 spiro atoms. The third-order valence-corrected chi connectivity index (χ3v) is 4.87. The van der Waals surface area contributed by atoms with E-state index in [0.29, 0.717) is 31.2 Å². The summed E-state index contributed by atoms with van der Waals surface area (Å²) in [6.07, 6.45) is 1.58. The molecule has 2 rings (SSSR count). The maximum Gasteiger partial charge on any atom is 0.341 e. The average Bonchev–Trinajstić information content (AvgIpc) is 3.19. The summed E-state index contributed by atoms with van der Waals surface area (Å²) < 4.78 is 11.2. The van der Waals surface area contributed by atoms with Crippen molar-refractivity contribution in [2.24, 2.45) is 0 Å². The Bertz CT molecular complexity index is 825. The molecule has 0 aliphatic heterocycles. The van der Waals surface area contributed by atoms with Gasteiger partial charge in [-0.1, -0.05) is 6.07 Å². The van der Waals surface area contributed by atoms with Gasteiger partial charge in [0.15, 0.2) is 18.1 Å². The number of likely N-dealkylation sites (N-methyl/N-ethyl adjacent to an activating group) is 1. The Morgan fingerprint density at radius 2 is 1.89 bits per heavy atom. The molecule has 28 heavy (non-hydrogen) atoms. The van der Waals surface area contributed by atoms with Crippen LogP contribution in [0.2, 0.25) is 0 Å². The summed E-state index contributed by atoms with van der Waals surface area (Å²) in [6.45, 7) is 6.87. The fraction of sp³-hybridized carbons (Fsp3) is 0.333. The molecule has 1 N–H and O–H groups in total. The van der Waals surface area contributed by atoms with E-state index in [2.05, 4.69) is 0 Å². The Morgan fingerprint density at radius 3 is 2.50 bits per heavy atom. The molecule has 1 aromatic heterocycles. The third-order valence-electron chi connectivity index (χ3n) is 4.14. The van der Waals surface area contributed by atoms with E-state index in [9.17, 15) is 9.59 Å². The van der Waals surface area contributed by atoms with E-state index in [-0.39, 0.29) is 5.91 Å². The lowest BCUT2D eigenvalue weighted by atomic mass is 10.1. The number of carboxylic acids is 1. The van der Waals surface area contributed by atoms with E-state index < -0.39 is 12.6 Å². The first-order chi connectivity index (χ1) is 13.4. The number of rotatable bonds is 10. The molecule has 1 amide bonds. The first-order valence-electron chi connectivity index (χ1n) is 9.04. The van der Waals surface area contributed by atoms with Gasteiger partial charge in [0.05, 0.1) is 0 Å². The molecule has 7 heteroatoms. The van der Waals surface area contributed by atoms with E-state index in [0.717, 1.165) is 16.7 Å². The summed E-state index contributed by atoms with van der Waals surface area (Å²) in [6, 6.07) is 7.23. The van der Waals surface area contributed by atoms with Crippen LogP contribution in [-0.4, -0.2) is 41.6 Å². The van der Waals surface area contributed by atoms with Crippen LogP contribution < -0.4 is 9.47 Å². The summed E-state index contributed by atoms with van der Waals surface area (Å²) in [4.78, 5) is 24.9. The maximum atomic E-state index is 12.3. The van der Waals surface area contributed by atoms with E-state index in [1.54, 1.807) is 34.4 Å². The van der Waals surface area contributed by atoms with Gasteiger partial charge in [-0.05, 0) is 66.4 Å². The summed E-state index contributed by atoms with van der Waals surface area (Å²) in [5, 5.41) is 12.9. The number of aliphatic carboxylic acids is 1. The Kier molecular flexibility index (Phi) is 8.07. The Balaban J connectivity index is 2.23. The molecule has 0 unspecified atom stereocenters. The molecule has 1 heterocycles. The second-order valence-corrected chi connectivity index (χ2v) is 6.88. The molecule has 0 saturated heterocycles. The molecule has 0 bridgehead atoms. The van der Waals surface area contributed by atoms with Gasteiger partial charge in [-0.15, -0.1) is 0 Å². The second-order valence-electron chi connectivity index (χ2n) is 6.10. The maximum absolute atomic E-state index is 12.3. The lowest BCUT2D eigenvalue weighted by Gasteiger charge is -2.17. The van der Waals surface area contributed by atoms with Crippen LogP contribution in [0, 0.1) is 0 Å². The highest BCUT2D eigenvalue weighted by atomic mass is 32.1. The Labute approximate surface area is 169 Å². The van der Waals surface area contributed by atoms with Crippen molar-refractivity contribution in [3.8, 4) is 11.5 Å². The SMILES string of the molecule is CCN(CC)C(=O)C=C(C)c1ccc(OCc2ccsc2)c(OCC(=O)O)c1. The monoisotopic (exact) mass is 403 g/mol. The number of carbonyl (C=O) groups is 2. The number of nitrogens with zero attached hydrogens (tertiary/aromatic N) is 1. The molecule has 6 nitrogen and oxygen atoms in total. The molecule has 0 saturated carbocycles. The van der Waals surface area contributed by atoms with Crippen LogP contribution in [0.25, 0.3) is 5.57 Å². The Morgan fingerprint density at radius 1 is 1.14 bits per heavy atom. The molecular weight excluding hydrogens is 378 g/mol. The van der Waals surface area contributed by atoms with Crippen LogP contribution in [0.3, 0.4) is 0 Å². The zero-order valence-electron chi connectivity index (χ0n) is 16.3. The largest absolute Gasteiger partial charge is 0.485 e. The standard InChI is InChI=1S/C21H25NO5S/c1-4-22(5-2)20(23)10-15(3)17-6-7-18(19(11-17)27-13-21(24)25)26-12-16-8-9-28-14-16/h6-11,14H,4-5,12-13H2,1-3H3,(H,24,25). The lowest BCUT2D eigenvalue weighted by molar-refractivity contribution is -0.139. The van der Waals surface area contributed by atoms with Gasteiger partial charge in [0.1, 0.15) is 6.61 Å². The summed E-state index contributed by atoms with van der Waals surface area (Å²) >= 11 is 1.58. The first-order valence-corrected chi connectivity index (χ1v) is 9.99. The van der Waals surface area contributed by atoms with Gasteiger partial charge in [0.2, 0.25) is 5.91 Å². The minimum absolute atomic E-state index is 0.0618. The number of ether oxygens (including phenoxy) is 2. The highest BCUT2D eigenvalue weighted by Gasteiger charge is 2.12. The van der Waals surface area contributed by atoms with Crippen LogP contribution >= 0.6 is 11.3 Å². The summed E-state index contributed by atoms with van der Waals surface area (Å²) in [5.74, 6) is -0.344. The molecule has 1 aromatic carbocycles. The van der Waals surface area contributed by atoms with Gasteiger partial charge >= 0.3 is 5.97 Å². The minimum atomic E-state index is -1.07. The average molecular weight is 404 g/mol. The van der Waals surface area contributed by atoms with Crippen molar-refractivity contribution in [3.63, 3.8) is 0 Å². The number of hydrogen-bond donors (Lipinski definition) is 1. The number of carboxylic acid groups (broad SMARTS) is 1. The predicted octanol–water partition coefficient (Wildman–Crippen LogP) is 4.06. The van der Waals surface area contributed by atoms with Crippen molar-refractivity contribution in [2.75, 3.05) is 19.7 Å². The van der Waals surface area contributed by atoms with Gasteiger partial charge in [-0.25, -0.2) is 4.79 Å². The normalized spacial score (nSPS) is 11.2. The number of hydrogen-bond acceptors (Lipinski definition) is 5. The molecule has 0 aliphatic rings. The van der Waals surface area contributed by atoms with Gasteiger partial charge in [0, 0.05) is 19.2 Å². The molecule has 0 aliphatic carbocycles. The fourth-order valence-corrected chi connectivity index (χ4v) is 3.21. The van der Waals surface area contributed by atoms with Crippen molar-refractivity contribution in [1.29, 1.82) is 0 Å². The van der Waals surface area contributed by atoms with Crippen molar-refractivity contribution in [1.82, 2.24) is 4.90 Å². The molecule has 0 fully saturated rings. The van der Waals surface area contributed by atoms with Gasteiger partial charge in [-0.2, -0.15) is 11.3 Å². The summed E-state index contributed by atoms with van der Waals surface area (Å²) in [5.41, 5.74) is 2.56. The van der Waals surface area contributed by atoms with Crippen LogP contribution in [0.5, 0.6) is 11.5 Å². The molecule has 0 radical (unpaired) electrons. The van der Waals surface area contributed by atoms with Crippen LogP contribution in [0.15, 0.2) is 41.1 Å². The van der Waals surface area contributed by atoms with E-state index >= 15 is 0 Å². The minimum Gasteiger partial charge on any atom is -0.485 e. The van der Waals surface area contributed by atoms with Crippen molar-refractivity contribution in [2.45, 2.75) is 27.4 Å². The molecule has 2 aromatic rings. The number of amides is 1.